The number of methoxy groups -OCH3 is 1. The van der Waals surface area contributed by atoms with Crippen LogP contribution in [0.2, 0.25) is 0 Å². The molecule has 4 heteroatoms. The fourth-order valence-corrected chi connectivity index (χ4v) is 1.70. The smallest absolute Gasteiger partial charge is 0.0897 e. The quantitative estimate of drug-likeness (QED) is 0.839. The molecule has 0 saturated carbocycles. The summed E-state index contributed by atoms with van der Waals surface area (Å²) in [6.07, 6.45) is -0.443. The molecule has 1 aromatic rings. The number of ether oxygens (including phenoxy) is 1. The van der Waals surface area contributed by atoms with Crippen molar-refractivity contribution in [2.24, 2.45) is 0 Å². The monoisotopic (exact) mass is 287 g/mol. The molecule has 3 nitrogen and oxygen atoms in total. The molecule has 0 heterocycles. The minimum Gasteiger partial charge on any atom is -0.389 e. The molecule has 2 N–H and O–H groups in total. The Hall–Kier alpha value is -0.420. The second-order valence-electron chi connectivity index (χ2n) is 3.82. The van der Waals surface area contributed by atoms with E-state index in [1.807, 2.05) is 6.07 Å². The van der Waals surface area contributed by atoms with Crippen LogP contribution in [0.1, 0.15) is 11.1 Å². The molecule has 1 aromatic carbocycles. The summed E-state index contributed by atoms with van der Waals surface area (Å²) in [7, 11) is 1.58. The van der Waals surface area contributed by atoms with E-state index in [-0.39, 0.29) is 0 Å². The van der Waals surface area contributed by atoms with Crippen molar-refractivity contribution in [2.75, 3.05) is 20.3 Å². The molecule has 0 radical (unpaired) electrons. The first-order valence-corrected chi connectivity index (χ1v) is 6.05. The summed E-state index contributed by atoms with van der Waals surface area (Å²) in [5.41, 5.74) is 2.43. The number of nitrogens with one attached hydrogen (secondary N) is 1. The maximum absolute atomic E-state index is 9.43. The van der Waals surface area contributed by atoms with Gasteiger partial charge in [-0.1, -0.05) is 28.1 Å². The summed E-state index contributed by atoms with van der Waals surface area (Å²) >= 11 is 3.46. The highest BCUT2D eigenvalue weighted by molar-refractivity contribution is 9.10. The third-order valence-electron chi connectivity index (χ3n) is 2.29. The molecule has 90 valence electrons. The van der Waals surface area contributed by atoms with Crippen molar-refractivity contribution in [3.63, 3.8) is 0 Å². The van der Waals surface area contributed by atoms with E-state index in [0.717, 1.165) is 11.0 Å². The number of aliphatic hydroxyl groups is 1. The van der Waals surface area contributed by atoms with Crippen LogP contribution in [0.25, 0.3) is 0 Å². The largest absolute Gasteiger partial charge is 0.389 e. The summed E-state index contributed by atoms with van der Waals surface area (Å²) in [6.45, 7) is 3.73. The molecule has 0 aliphatic rings. The van der Waals surface area contributed by atoms with Crippen molar-refractivity contribution in [3.8, 4) is 0 Å². The van der Waals surface area contributed by atoms with Crippen molar-refractivity contribution in [2.45, 2.75) is 19.6 Å². The van der Waals surface area contributed by atoms with Gasteiger partial charge in [-0.15, -0.1) is 0 Å². The van der Waals surface area contributed by atoms with Gasteiger partial charge in [0.25, 0.3) is 0 Å². The number of hydrogen-bond acceptors (Lipinski definition) is 3. The maximum atomic E-state index is 9.43. The molecule has 0 saturated heterocycles. The first-order valence-electron chi connectivity index (χ1n) is 5.26. The van der Waals surface area contributed by atoms with Crippen LogP contribution in [0.15, 0.2) is 22.7 Å². The van der Waals surface area contributed by atoms with E-state index in [1.54, 1.807) is 7.11 Å². The van der Waals surface area contributed by atoms with Crippen molar-refractivity contribution < 1.29 is 9.84 Å². The Bertz CT molecular complexity index is 331. The minimum atomic E-state index is -0.443. The minimum absolute atomic E-state index is 0.367. The zero-order valence-electron chi connectivity index (χ0n) is 9.66. The van der Waals surface area contributed by atoms with Gasteiger partial charge in [0.2, 0.25) is 0 Å². The second kappa shape index (κ2) is 7.01. The van der Waals surface area contributed by atoms with Gasteiger partial charge in [-0.3, -0.25) is 0 Å². The van der Waals surface area contributed by atoms with E-state index in [4.69, 9.17) is 4.74 Å². The molecule has 0 aliphatic heterocycles. The molecule has 0 bridgehead atoms. The number of aliphatic hydroxyl groups excluding tert-OH is 1. The Morgan fingerprint density at radius 1 is 1.50 bits per heavy atom. The number of benzene rings is 1. The molecule has 1 atom stereocenters. The molecule has 0 unspecified atom stereocenters. The lowest BCUT2D eigenvalue weighted by Crippen LogP contribution is -2.29. The van der Waals surface area contributed by atoms with Crippen LogP contribution >= 0.6 is 15.9 Å². The zero-order chi connectivity index (χ0) is 12.0. The summed E-state index contributed by atoms with van der Waals surface area (Å²) in [5, 5.41) is 12.6. The number of hydrogen-bond donors (Lipinski definition) is 2. The molecule has 16 heavy (non-hydrogen) atoms. The van der Waals surface area contributed by atoms with E-state index < -0.39 is 6.10 Å². The highest BCUT2D eigenvalue weighted by atomic mass is 79.9. The van der Waals surface area contributed by atoms with Crippen LogP contribution in [0.3, 0.4) is 0 Å². The van der Waals surface area contributed by atoms with Gasteiger partial charge in [-0.05, 0) is 24.1 Å². The van der Waals surface area contributed by atoms with Crippen LogP contribution in [0.5, 0.6) is 0 Å². The predicted octanol–water partition coefficient (Wildman–Crippen LogP) is 1.85. The average molecular weight is 288 g/mol. The van der Waals surface area contributed by atoms with Crippen molar-refractivity contribution in [1.29, 1.82) is 0 Å². The van der Waals surface area contributed by atoms with Crippen LogP contribution in [-0.4, -0.2) is 31.5 Å². The zero-order valence-corrected chi connectivity index (χ0v) is 11.3. The highest BCUT2D eigenvalue weighted by Gasteiger charge is 2.02. The van der Waals surface area contributed by atoms with Gasteiger partial charge in [-0.25, -0.2) is 0 Å². The van der Waals surface area contributed by atoms with Crippen molar-refractivity contribution in [3.05, 3.63) is 33.8 Å². The van der Waals surface area contributed by atoms with Crippen LogP contribution < -0.4 is 5.32 Å². The van der Waals surface area contributed by atoms with E-state index in [0.29, 0.717) is 13.2 Å². The van der Waals surface area contributed by atoms with Crippen molar-refractivity contribution >= 4 is 15.9 Å². The summed E-state index contributed by atoms with van der Waals surface area (Å²) < 4.78 is 5.97. The van der Waals surface area contributed by atoms with Gasteiger partial charge in [-0.2, -0.15) is 0 Å². The second-order valence-corrected chi connectivity index (χ2v) is 4.68. The lowest BCUT2D eigenvalue weighted by Gasteiger charge is -2.11. The summed E-state index contributed by atoms with van der Waals surface area (Å²) in [6, 6.07) is 6.23. The fourth-order valence-electron chi connectivity index (χ4n) is 1.45. The fraction of sp³-hybridized carbons (Fsp3) is 0.500. The van der Waals surface area contributed by atoms with Crippen LogP contribution in [0.4, 0.5) is 0 Å². The van der Waals surface area contributed by atoms with Gasteiger partial charge < -0.3 is 15.2 Å². The van der Waals surface area contributed by atoms with E-state index in [1.165, 1.54) is 11.1 Å². The van der Waals surface area contributed by atoms with Crippen molar-refractivity contribution in [1.82, 2.24) is 5.32 Å². The Morgan fingerprint density at radius 2 is 2.25 bits per heavy atom. The molecule has 0 fully saturated rings. The van der Waals surface area contributed by atoms with Crippen LogP contribution in [-0.2, 0) is 11.3 Å². The lowest BCUT2D eigenvalue weighted by molar-refractivity contribution is 0.0644. The molecule has 1 rings (SSSR count). The van der Waals surface area contributed by atoms with E-state index in [2.05, 4.69) is 40.3 Å². The Kier molecular flexibility index (Phi) is 5.98. The first kappa shape index (κ1) is 13.6. The van der Waals surface area contributed by atoms with Gasteiger partial charge in [0.1, 0.15) is 0 Å². The number of aryl methyl sites for hydroxylation is 1. The standard InChI is InChI=1S/C12H18BrNO2/c1-9-5-10(3-4-12(9)13)6-14-7-11(15)8-16-2/h3-5,11,14-15H,6-8H2,1-2H3/t11-/m0/s1. The van der Waals surface area contributed by atoms with Gasteiger partial charge in [0.05, 0.1) is 12.7 Å². The Morgan fingerprint density at radius 3 is 2.88 bits per heavy atom. The molecular formula is C12H18BrNO2. The molecule has 0 aliphatic carbocycles. The molecular weight excluding hydrogens is 270 g/mol. The summed E-state index contributed by atoms with van der Waals surface area (Å²) in [4.78, 5) is 0. The Balaban J connectivity index is 2.34. The Labute approximate surface area is 105 Å². The van der Waals surface area contributed by atoms with E-state index >= 15 is 0 Å². The van der Waals surface area contributed by atoms with Crippen LogP contribution in [0, 0.1) is 6.92 Å². The number of halogens is 1. The lowest BCUT2D eigenvalue weighted by atomic mass is 10.1. The predicted molar refractivity (Wildman–Crippen MR) is 68.5 cm³/mol. The van der Waals surface area contributed by atoms with Gasteiger partial charge >= 0.3 is 0 Å². The SMILES string of the molecule is COC[C@@H](O)CNCc1ccc(Br)c(C)c1. The third-order valence-corrected chi connectivity index (χ3v) is 3.18. The van der Waals surface area contributed by atoms with Gasteiger partial charge in [0, 0.05) is 24.7 Å². The van der Waals surface area contributed by atoms with E-state index in [9.17, 15) is 5.11 Å². The topological polar surface area (TPSA) is 41.5 Å². The normalized spacial score (nSPS) is 12.8. The molecule has 0 amide bonds. The third kappa shape index (κ3) is 4.61. The average Bonchev–Trinajstić information content (AvgIpc) is 2.24. The molecule has 0 aromatic heterocycles. The van der Waals surface area contributed by atoms with Gasteiger partial charge in [0.15, 0.2) is 0 Å². The summed E-state index contributed by atoms with van der Waals surface area (Å²) in [5.74, 6) is 0. The molecule has 0 spiro atoms. The maximum Gasteiger partial charge on any atom is 0.0897 e. The first-order chi connectivity index (χ1) is 7.63. The number of rotatable bonds is 6. The highest BCUT2D eigenvalue weighted by Crippen LogP contribution is 2.16.